The van der Waals surface area contributed by atoms with Crippen molar-refractivity contribution in [3.8, 4) is 5.75 Å². The monoisotopic (exact) mass is 306 g/mol. The maximum absolute atomic E-state index is 5.93. The molecule has 2 heteroatoms. The van der Waals surface area contributed by atoms with Gasteiger partial charge in [0.15, 0.2) is 0 Å². The average Bonchev–Trinajstić information content (AvgIpc) is 2.93. The minimum Gasteiger partial charge on any atom is -0.489 e. The Kier molecular flexibility index (Phi) is 4.16. The third-order valence-electron chi connectivity index (χ3n) is 4.63. The van der Waals surface area contributed by atoms with Crippen LogP contribution in [0.4, 0.5) is 0 Å². The van der Waals surface area contributed by atoms with Crippen LogP contribution in [0.3, 0.4) is 0 Å². The summed E-state index contributed by atoms with van der Waals surface area (Å²) >= 11 is 0. The maximum atomic E-state index is 5.93. The van der Waals surface area contributed by atoms with Crippen molar-refractivity contribution < 1.29 is 9.47 Å². The molecule has 2 aliphatic rings. The third kappa shape index (κ3) is 3.65. The summed E-state index contributed by atoms with van der Waals surface area (Å²) in [5, 5.41) is 0. The fourth-order valence-corrected chi connectivity index (χ4v) is 3.51. The fourth-order valence-electron chi connectivity index (χ4n) is 3.51. The predicted molar refractivity (Wildman–Crippen MR) is 91.5 cm³/mol. The van der Waals surface area contributed by atoms with E-state index in [1.54, 1.807) is 0 Å². The van der Waals surface area contributed by atoms with E-state index in [-0.39, 0.29) is 0 Å². The lowest BCUT2D eigenvalue weighted by molar-refractivity contribution is 0.0602. The molecular formula is C21H22O2. The molecule has 0 aliphatic carbocycles. The van der Waals surface area contributed by atoms with Crippen LogP contribution in [0.15, 0.2) is 66.2 Å². The summed E-state index contributed by atoms with van der Waals surface area (Å²) in [6.45, 7) is 0.616. The minimum absolute atomic E-state index is 0.362. The molecule has 0 amide bonds. The molecule has 0 radical (unpaired) electrons. The standard InChI is InChI=1S/C21H22O2/c1-2-5-16(6-3-1)15-22-19-8-4-7-17(12-19)11-18-13-20-9-10-21(14-18)23-20/h1-8,12-13,20-21H,9-11,14-15H2. The number of benzene rings is 2. The van der Waals surface area contributed by atoms with Crippen molar-refractivity contribution in [3.05, 3.63) is 77.4 Å². The molecule has 2 heterocycles. The van der Waals surface area contributed by atoms with Crippen LogP contribution < -0.4 is 4.74 Å². The topological polar surface area (TPSA) is 18.5 Å². The second-order valence-corrected chi connectivity index (χ2v) is 6.50. The van der Waals surface area contributed by atoms with E-state index in [0.29, 0.717) is 18.8 Å². The van der Waals surface area contributed by atoms with E-state index < -0.39 is 0 Å². The lowest BCUT2D eigenvalue weighted by Gasteiger charge is -2.20. The zero-order chi connectivity index (χ0) is 15.5. The van der Waals surface area contributed by atoms with Crippen LogP contribution in [0.5, 0.6) is 5.75 Å². The summed E-state index contributed by atoms with van der Waals surface area (Å²) in [5.41, 5.74) is 4.04. The van der Waals surface area contributed by atoms with Crippen LogP contribution in [0.2, 0.25) is 0 Å². The van der Waals surface area contributed by atoms with Gasteiger partial charge in [-0.3, -0.25) is 0 Å². The molecule has 0 saturated carbocycles. The summed E-state index contributed by atoms with van der Waals surface area (Å²) in [4.78, 5) is 0. The summed E-state index contributed by atoms with van der Waals surface area (Å²) < 4.78 is 11.8. The first-order valence-electron chi connectivity index (χ1n) is 8.46. The normalized spacial score (nSPS) is 22.7. The van der Waals surface area contributed by atoms with Gasteiger partial charge in [-0.2, -0.15) is 0 Å². The summed E-state index contributed by atoms with van der Waals surface area (Å²) in [7, 11) is 0. The van der Waals surface area contributed by atoms with Crippen molar-refractivity contribution in [1.29, 1.82) is 0 Å². The summed E-state index contributed by atoms with van der Waals surface area (Å²) in [6.07, 6.45) is 7.66. The number of ether oxygens (including phenoxy) is 2. The largest absolute Gasteiger partial charge is 0.489 e. The molecule has 2 unspecified atom stereocenters. The lowest BCUT2D eigenvalue weighted by Crippen LogP contribution is -2.17. The molecule has 0 N–H and O–H groups in total. The smallest absolute Gasteiger partial charge is 0.120 e. The molecule has 2 nitrogen and oxygen atoms in total. The Bertz CT molecular complexity index is 690. The van der Waals surface area contributed by atoms with Gasteiger partial charge in [0.25, 0.3) is 0 Å². The van der Waals surface area contributed by atoms with Crippen LogP contribution in [0.25, 0.3) is 0 Å². The van der Waals surface area contributed by atoms with E-state index in [1.165, 1.54) is 29.5 Å². The van der Waals surface area contributed by atoms with Gasteiger partial charge < -0.3 is 9.47 Å². The predicted octanol–water partition coefficient (Wildman–Crippen LogP) is 4.69. The molecule has 2 atom stereocenters. The molecule has 118 valence electrons. The maximum Gasteiger partial charge on any atom is 0.120 e. The van der Waals surface area contributed by atoms with E-state index in [9.17, 15) is 0 Å². The van der Waals surface area contributed by atoms with Crippen LogP contribution in [-0.2, 0) is 17.8 Å². The van der Waals surface area contributed by atoms with E-state index in [4.69, 9.17) is 9.47 Å². The van der Waals surface area contributed by atoms with E-state index >= 15 is 0 Å². The highest BCUT2D eigenvalue weighted by molar-refractivity contribution is 5.32. The van der Waals surface area contributed by atoms with Gasteiger partial charge in [-0.05, 0) is 48.9 Å². The first kappa shape index (κ1) is 14.5. The fraction of sp³-hybridized carbons (Fsp3) is 0.333. The van der Waals surface area contributed by atoms with Crippen LogP contribution in [-0.4, -0.2) is 12.2 Å². The average molecular weight is 306 g/mol. The number of fused-ring (bicyclic) bond motifs is 2. The molecule has 23 heavy (non-hydrogen) atoms. The van der Waals surface area contributed by atoms with Crippen LogP contribution in [0.1, 0.15) is 30.4 Å². The molecular weight excluding hydrogens is 284 g/mol. The van der Waals surface area contributed by atoms with Gasteiger partial charge in [-0.1, -0.05) is 54.1 Å². The zero-order valence-electron chi connectivity index (χ0n) is 13.3. The molecule has 1 fully saturated rings. The number of rotatable bonds is 5. The van der Waals surface area contributed by atoms with Crippen molar-refractivity contribution in [1.82, 2.24) is 0 Å². The molecule has 0 spiro atoms. The quantitative estimate of drug-likeness (QED) is 0.746. The second kappa shape index (κ2) is 6.59. The van der Waals surface area contributed by atoms with Crippen LogP contribution >= 0.6 is 0 Å². The molecule has 2 aliphatic heterocycles. The molecule has 1 saturated heterocycles. The Morgan fingerprint density at radius 1 is 0.957 bits per heavy atom. The zero-order valence-corrected chi connectivity index (χ0v) is 13.3. The highest BCUT2D eigenvalue weighted by Crippen LogP contribution is 2.33. The van der Waals surface area contributed by atoms with E-state index in [0.717, 1.165) is 18.6 Å². The highest BCUT2D eigenvalue weighted by atomic mass is 16.5. The van der Waals surface area contributed by atoms with Crippen LogP contribution in [0, 0.1) is 0 Å². The molecule has 2 aromatic rings. The number of hydrogen-bond acceptors (Lipinski definition) is 2. The van der Waals surface area contributed by atoms with Crippen molar-refractivity contribution >= 4 is 0 Å². The highest BCUT2D eigenvalue weighted by Gasteiger charge is 2.29. The van der Waals surface area contributed by atoms with Gasteiger partial charge >= 0.3 is 0 Å². The Morgan fingerprint density at radius 2 is 1.83 bits per heavy atom. The Balaban J connectivity index is 1.40. The van der Waals surface area contributed by atoms with Crippen molar-refractivity contribution in [2.24, 2.45) is 0 Å². The summed E-state index contributed by atoms with van der Waals surface area (Å²) in [5.74, 6) is 0.946. The SMILES string of the molecule is C1=C(Cc2cccc(OCc3ccccc3)c2)CC2CCC1O2. The van der Waals surface area contributed by atoms with E-state index in [2.05, 4.69) is 36.4 Å². The Hall–Kier alpha value is -2.06. The van der Waals surface area contributed by atoms with Crippen molar-refractivity contribution in [3.63, 3.8) is 0 Å². The third-order valence-corrected chi connectivity index (χ3v) is 4.63. The van der Waals surface area contributed by atoms with Gasteiger partial charge in [0.2, 0.25) is 0 Å². The second-order valence-electron chi connectivity index (χ2n) is 6.50. The molecule has 2 bridgehead atoms. The first-order chi connectivity index (χ1) is 11.3. The van der Waals surface area contributed by atoms with Gasteiger partial charge in [-0.15, -0.1) is 0 Å². The lowest BCUT2D eigenvalue weighted by atomic mass is 9.98. The van der Waals surface area contributed by atoms with Gasteiger partial charge in [-0.25, -0.2) is 0 Å². The molecule has 0 aromatic heterocycles. The minimum atomic E-state index is 0.362. The summed E-state index contributed by atoms with van der Waals surface area (Å²) in [6, 6.07) is 18.8. The van der Waals surface area contributed by atoms with Crippen molar-refractivity contribution in [2.75, 3.05) is 0 Å². The Morgan fingerprint density at radius 3 is 2.70 bits per heavy atom. The molecule has 2 aromatic carbocycles. The number of hydrogen-bond donors (Lipinski definition) is 0. The van der Waals surface area contributed by atoms with Gasteiger partial charge in [0.1, 0.15) is 12.4 Å². The van der Waals surface area contributed by atoms with Gasteiger partial charge in [0, 0.05) is 0 Å². The molecule has 4 rings (SSSR count). The Labute approximate surface area is 137 Å². The van der Waals surface area contributed by atoms with Crippen molar-refractivity contribution in [2.45, 2.75) is 44.5 Å². The van der Waals surface area contributed by atoms with Gasteiger partial charge in [0.05, 0.1) is 12.2 Å². The van der Waals surface area contributed by atoms with E-state index in [1.807, 2.05) is 24.3 Å². The first-order valence-corrected chi connectivity index (χ1v) is 8.46.